The second kappa shape index (κ2) is 10.8. The van der Waals surface area contributed by atoms with Crippen LogP contribution in [0.2, 0.25) is 0 Å². The molecule has 3 rings (SSSR count). The fourth-order valence-electron chi connectivity index (χ4n) is 3.53. The second-order valence-corrected chi connectivity index (χ2v) is 7.43. The van der Waals surface area contributed by atoms with Crippen LogP contribution < -0.4 is 24.7 Å². The summed E-state index contributed by atoms with van der Waals surface area (Å²) in [5, 5.41) is 4.08. The van der Waals surface area contributed by atoms with Gasteiger partial charge in [0.1, 0.15) is 5.82 Å². The standard InChI is InChI=1S/C23H29FN4O3/c1-4-27-11-13-28(14-12-27)20-10-9-18(15-19(20)24)17(2)25-26-23(29)16-31-22-8-6-5-7-21(22)30-3/h5-10,15H,4,11-14,16H2,1-3H3,(H,26,29)/p+1/b25-17-. The lowest BCUT2D eigenvalue weighted by Crippen LogP contribution is -3.14. The summed E-state index contributed by atoms with van der Waals surface area (Å²) in [4.78, 5) is 15.7. The highest BCUT2D eigenvalue weighted by atomic mass is 19.1. The minimum Gasteiger partial charge on any atom is -0.493 e. The molecule has 1 aliphatic heterocycles. The number of amides is 1. The zero-order chi connectivity index (χ0) is 22.2. The third-order valence-electron chi connectivity index (χ3n) is 5.45. The lowest BCUT2D eigenvalue weighted by molar-refractivity contribution is -0.898. The number of hydrogen-bond acceptors (Lipinski definition) is 5. The molecule has 1 aliphatic rings. The number of hydrogen-bond donors (Lipinski definition) is 2. The number of ether oxygens (including phenoxy) is 2. The van der Waals surface area contributed by atoms with Crippen molar-refractivity contribution in [3.05, 3.63) is 53.8 Å². The van der Waals surface area contributed by atoms with Crippen LogP contribution >= 0.6 is 0 Å². The van der Waals surface area contributed by atoms with Crippen molar-refractivity contribution in [2.24, 2.45) is 5.10 Å². The SMILES string of the molecule is CC[NH+]1CCN(c2ccc(/C(C)=N\NC(=O)COc3ccccc3OC)cc2F)CC1. The van der Waals surface area contributed by atoms with Gasteiger partial charge in [-0.2, -0.15) is 5.10 Å². The van der Waals surface area contributed by atoms with Gasteiger partial charge in [-0.15, -0.1) is 0 Å². The number of anilines is 1. The number of methoxy groups -OCH3 is 1. The summed E-state index contributed by atoms with van der Waals surface area (Å²) in [6.07, 6.45) is 0. The highest BCUT2D eigenvalue weighted by Crippen LogP contribution is 2.25. The van der Waals surface area contributed by atoms with Gasteiger partial charge in [0.2, 0.25) is 0 Å². The summed E-state index contributed by atoms with van der Waals surface area (Å²) in [6, 6.07) is 12.1. The molecular weight excluding hydrogens is 399 g/mol. The van der Waals surface area contributed by atoms with Crippen molar-refractivity contribution in [1.29, 1.82) is 0 Å². The predicted octanol–water partition coefficient (Wildman–Crippen LogP) is 1.48. The molecule has 1 fully saturated rings. The summed E-state index contributed by atoms with van der Waals surface area (Å²) in [7, 11) is 1.53. The van der Waals surface area contributed by atoms with E-state index < -0.39 is 5.91 Å². The van der Waals surface area contributed by atoms with E-state index >= 15 is 0 Å². The number of quaternary nitrogens is 1. The molecule has 0 radical (unpaired) electrons. The molecule has 2 N–H and O–H groups in total. The van der Waals surface area contributed by atoms with Gasteiger partial charge in [0.15, 0.2) is 18.1 Å². The summed E-state index contributed by atoms with van der Waals surface area (Å²) >= 11 is 0. The van der Waals surface area contributed by atoms with E-state index in [1.807, 2.05) is 12.1 Å². The minimum atomic E-state index is -0.418. The largest absolute Gasteiger partial charge is 0.493 e. The molecule has 2 aromatic carbocycles. The summed E-state index contributed by atoms with van der Waals surface area (Å²) in [5.74, 6) is 0.319. The van der Waals surface area contributed by atoms with E-state index in [1.54, 1.807) is 36.1 Å². The number of carbonyl (C=O) groups excluding carboxylic acids is 1. The van der Waals surface area contributed by atoms with E-state index in [4.69, 9.17) is 9.47 Å². The van der Waals surface area contributed by atoms with E-state index in [1.165, 1.54) is 13.2 Å². The van der Waals surface area contributed by atoms with Gasteiger partial charge in [-0.25, -0.2) is 9.82 Å². The third kappa shape index (κ3) is 5.95. The highest BCUT2D eigenvalue weighted by Gasteiger charge is 2.21. The van der Waals surface area contributed by atoms with Crippen molar-refractivity contribution in [2.75, 3.05) is 51.3 Å². The van der Waals surface area contributed by atoms with Crippen LogP contribution in [0.5, 0.6) is 11.5 Å². The van der Waals surface area contributed by atoms with Crippen molar-refractivity contribution in [1.82, 2.24) is 5.43 Å². The van der Waals surface area contributed by atoms with Crippen LogP contribution in [0.4, 0.5) is 10.1 Å². The topological polar surface area (TPSA) is 67.6 Å². The molecule has 7 nitrogen and oxygen atoms in total. The normalized spacial score (nSPS) is 15.0. The first-order chi connectivity index (χ1) is 15.0. The Balaban J connectivity index is 1.56. The van der Waals surface area contributed by atoms with Crippen molar-refractivity contribution in [2.45, 2.75) is 13.8 Å². The summed E-state index contributed by atoms with van der Waals surface area (Å²) < 4.78 is 25.4. The fraction of sp³-hybridized carbons (Fsp3) is 0.391. The monoisotopic (exact) mass is 429 g/mol. The molecule has 1 amide bonds. The van der Waals surface area contributed by atoms with Gasteiger partial charge >= 0.3 is 0 Å². The Morgan fingerprint density at radius 1 is 1.19 bits per heavy atom. The van der Waals surface area contributed by atoms with Gasteiger partial charge in [-0.3, -0.25) is 4.79 Å². The number of nitrogens with zero attached hydrogens (tertiary/aromatic N) is 2. The van der Waals surface area contributed by atoms with Crippen molar-refractivity contribution in [3.8, 4) is 11.5 Å². The number of piperazine rings is 1. The second-order valence-electron chi connectivity index (χ2n) is 7.43. The number of carbonyl (C=O) groups is 1. The quantitative estimate of drug-likeness (QED) is 0.493. The van der Waals surface area contributed by atoms with Gasteiger partial charge in [0.05, 0.1) is 51.2 Å². The highest BCUT2D eigenvalue weighted by molar-refractivity contribution is 5.99. The van der Waals surface area contributed by atoms with Crippen LogP contribution in [0.25, 0.3) is 0 Å². The Morgan fingerprint density at radius 2 is 1.90 bits per heavy atom. The zero-order valence-corrected chi connectivity index (χ0v) is 18.3. The minimum absolute atomic E-state index is 0.212. The number of benzene rings is 2. The number of rotatable bonds is 8. The molecule has 0 aromatic heterocycles. The third-order valence-corrected chi connectivity index (χ3v) is 5.45. The molecule has 8 heteroatoms. The van der Waals surface area contributed by atoms with Gasteiger partial charge in [0, 0.05) is 5.56 Å². The number of hydrazone groups is 1. The van der Waals surface area contributed by atoms with Crippen molar-refractivity contribution in [3.63, 3.8) is 0 Å². The van der Waals surface area contributed by atoms with E-state index in [-0.39, 0.29) is 12.4 Å². The zero-order valence-electron chi connectivity index (χ0n) is 18.3. The molecule has 0 saturated carbocycles. The van der Waals surface area contributed by atoms with Crippen LogP contribution in [-0.2, 0) is 4.79 Å². The van der Waals surface area contributed by atoms with Crippen molar-refractivity contribution >= 4 is 17.3 Å². The average molecular weight is 430 g/mol. The van der Waals surface area contributed by atoms with Crippen LogP contribution in [0.1, 0.15) is 19.4 Å². The Kier molecular flexibility index (Phi) is 7.83. The fourth-order valence-corrected chi connectivity index (χ4v) is 3.53. The van der Waals surface area contributed by atoms with Crippen LogP contribution in [-0.4, -0.2) is 58.1 Å². The lowest BCUT2D eigenvalue weighted by Gasteiger charge is -2.33. The van der Waals surface area contributed by atoms with E-state index in [2.05, 4.69) is 22.4 Å². The summed E-state index contributed by atoms with van der Waals surface area (Å²) in [6.45, 7) is 8.49. The Hall–Kier alpha value is -3.13. The maximum atomic E-state index is 14.7. The molecule has 1 saturated heterocycles. The molecule has 0 aliphatic carbocycles. The molecular formula is C23H30FN4O3+. The van der Waals surface area contributed by atoms with Gasteiger partial charge in [0.25, 0.3) is 5.91 Å². The molecule has 0 spiro atoms. The van der Waals surface area contributed by atoms with Gasteiger partial charge in [-0.1, -0.05) is 18.2 Å². The number of para-hydroxylation sites is 2. The maximum absolute atomic E-state index is 14.7. The number of halogens is 1. The van der Waals surface area contributed by atoms with E-state index in [0.717, 1.165) is 32.7 Å². The Labute approximate surface area is 182 Å². The van der Waals surface area contributed by atoms with Crippen molar-refractivity contribution < 1.29 is 23.6 Å². The molecule has 1 heterocycles. The molecule has 2 aromatic rings. The van der Waals surface area contributed by atoms with Crippen LogP contribution in [0.15, 0.2) is 47.6 Å². The first kappa shape index (κ1) is 22.6. The average Bonchev–Trinajstić information content (AvgIpc) is 2.81. The van der Waals surface area contributed by atoms with Gasteiger partial charge in [-0.05, 0) is 38.1 Å². The van der Waals surface area contributed by atoms with Crippen LogP contribution in [0.3, 0.4) is 0 Å². The Bertz CT molecular complexity index is 927. The Morgan fingerprint density at radius 3 is 2.55 bits per heavy atom. The first-order valence-corrected chi connectivity index (χ1v) is 10.5. The molecule has 0 bridgehead atoms. The lowest BCUT2D eigenvalue weighted by atomic mass is 10.1. The smallest absolute Gasteiger partial charge is 0.277 e. The molecule has 31 heavy (non-hydrogen) atoms. The first-order valence-electron chi connectivity index (χ1n) is 10.5. The predicted molar refractivity (Wildman–Crippen MR) is 119 cm³/mol. The van der Waals surface area contributed by atoms with Crippen LogP contribution in [0, 0.1) is 5.82 Å². The molecule has 0 atom stereocenters. The van der Waals surface area contributed by atoms with E-state index in [9.17, 15) is 9.18 Å². The maximum Gasteiger partial charge on any atom is 0.277 e. The number of likely N-dealkylation sites (N-methyl/N-ethyl adjacent to an activating group) is 1. The van der Waals surface area contributed by atoms with Gasteiger partial charge < -0.3 is 19.3 Å². The van der Waals surface area contributed by atoms with E-state index in [0.29, 0.717) is 28.5 Å². The number of nitrogens with one attached hydrogen (secondary N) is 2. The summed E-state index contributed by atoms with van der Waals surface area (Å²) in [5.41, 5.74) is 4.18. The molecule has 166 valence electrons. The molecule has 0 unspecified atom stereocenters.